The number of nitrogens with zero attached hydrogens (tertiary/aromatic N) is 1. The number of rotatable bonds is 4. The van der Waals surface area contributed by atoms with Crippen LogP contribution < -0.4 is 5.32 Å². The lowest BCUT2D eigenvalue weighted by Gasteiger charge is -2.16. The molecular weight excluding hydrogens is 320 g/mol. The Hall–Kier alpha value is -2.40. The van der Waals surface area contributed by atoms with E-state index in [0.717, 1.165) is 0 Å². The Balaban J connectivity index is 1.93. The van der Waals surface area contributed by atoms with Gasteiger partial charge in [0, 0.05) is 6.04 Å². The number of hydrogen-bond acceptors (Lipinski definition) is 6. The minimum atomic E-state index is -3.09. The SMILES string of the molecule is C[C@@H](OC(=O)c1cccc(C#N)c1)C(=O)N[C@H]1CCS(=O)(=O)C1. The second-order valence-electron chi connectivity index (χ2n) is 5.35. The summed E-state index contributed by atoms with van der Waals surface area (Å²) in [5.41, 5.74) is 0.486. The fourth-order valence-corrected chi connectivity index (χ4v) is 3.90. The van der Waals surface area contributed by atoms with Crippen molar-refractivity contribution in [3.05, 3.63) is 35.4 Å². The predicted molar refractivity (Wildman–Crippen MR) is 81.2 cm³/mol. The quantitative estimate of drug-likeness (QED) is 0.797. The Bertz CT molecular complexity index is 766. The smallest absolute Gasteiger partial charge is 0.338 e. The number of nitriles is 1. The van der Waals surface area contributed by atoms with Crippen LogP contribution in [0, 0.1) is 11.3 Å². The lowest BCUT2D eigenvalue weighted by molar-refractivity contribution is -0.129. The van der Waals surface area contributed by atoms with Gasteiger partial charge in [-0.1, -0.05) is 6.07 Å². The molecule has 1 aliphatic heterocycles. The van der Waals surface area contributed by atoms with Gasteiger partial charge in [0.2, 0.25) is 0 Å². The standard InChI is InChI=1S/C15H16N2O5S/c1-10(14(18)17-13-5-6-23(20,21)9-13)22-15(19)12-4-2-3-11(7-12)8-16/h2-4,7,10,13H,5-6,9H2,1H3,(H,17,18)/t10-,13+/m1/s1. The molecule has 1 aliphatic rings. The molecule has 122 valence electrons. The van der Waals surface area contributed by atoms with Crippen LogP contribution >= 0.6 is 0 Å². The van der Waals surface area contributed by atoms with Crippen LogP contribution in [-0.2, 0) is 19.4 Å². The highest BCUT2D eigenvalue weighted by atomic mass is 32.2. The first-order valence-electron chi connectivity index (χ1n) is 7.02. The van der Waals surface area contributed by atoms with Gasteiger partial charge in [0.05, 0.1) is 28.7 Å². The fourth-order valence-electron chi connectivity index (χ4n) is 2.23. The Labute approximate surface area is 134 Å². The monoisotopic (exact) mass is 336 g/mol. The van der Waals surface area contributed by atoms with Gasteiger partial charge < -0.3 is 10.1 Å². The number of benzene rings is 1. The van der Waals surface area contributed by atoms with Crippen molar-refractivity contribution >= 4 is 21.7 Å². The third kappa shape index (κ3) is 4.53. The number of hydrogen-bond donors (Lipinski definition) is 1. The molecule has 0 aliphatic carbocycles. The molecule has 1 N–H and O–H groups in total. The third-order valence-corrected chi connectivity index (χ3v) is 5.23. The van der Waals surface area contributed by atoms with E-state index in [9.17, 15) is 18.0 Å². The van der Waals surface area contributed by atoms with E-state index in [1.807, 2.05) is 6.07 Å². The topological polar surface area (TPSA) is 113 Å². The van der Waals surface area contributed by atoms with Crippen LogP contribution in [0.2, 0.25) is 0 Å². The summed E-state index contributed by atoms with van der Waals surface area (Å²) < 4.78 is 27.8. The van der Waals surface area contributed by atoms with Gasteiger partial charge in [-0.15, -0.1) is 0 Å². The largest absolute Gasteiger partial charge is 0.449 e. The molecule has 2 rings (SSSR count). The second kappa shape index (κ2) is 6.79. The molecule has 0 spiro atoms. The summed E-state index contributed by atoms with van der Waals surface area (Å²) in [7, 11) is -3.09. The number of carbonyl (C=O) groups excluding carboxylic acids is 2. The second-order valence-corrected chi connectivity index (χ2v) is 7.58. The molecule has 1 saturated heterocycles. The summed E-state index contributed by atoms with van der Waals surface area (Å²) in [4.78, 5) is 23.9. The van der Waals surface area contributed by atoms with Gasteiger partial charge >= 0.3 is 5.97 Å². The molecule has 1 fully saturated rings. The molecule has 8 heteroatoms. The summed E-state index contributed by atoms with van der Waals surface area (Å²) in [6, 6.07) is 7.41. The molecule has 23 heavy (non-hydrogen) atoms. The number of ether oxygens (including phenoxy) is 1. The van der Waals surface area contributed by atoms with Crippen LogP contribution in [0.15, 0.2) is 24.3 Å². The van der Waals surface area contributed by atoms with Crippen molar-refractivity contribution in [2.45, 2.75) is 25.5 Å². The average molecular weight is 336 g/mol. The van der Waals surface area contributed by atoms with E-state index >= 15 is 0 Å². The number of nitrogens with one attached hydrogen (secondary N) is 1. The number of sulfone groups is 1. The molecule has 1 heterocycles. The summed E-state index contributed by atoms with van der Waals surface area (Å²) in [5, 5.41) is 11.4. The maximum absolute atomic E-state index is 12.0. The van der Waals surface area contributed by atoms with E-state index in [0.29, 0.717) is 12.0 Å². The van der Waals surface area contributed by atoms with Gasteiger partial charge in [-0.25, -0.2) is 13.2 Å². The molecule has 1 aromatic rings. The molecule has 0 radical (unpaired) electrons. The molecule has 2 atom stereocenters. The minimum absolute atomic E-state index is 0.0487. The summed E-state index contributed by atoms with van der Waals surface area (Å²) in [6.45, 7) is 1.41. The van der Waals surface area contributed by atoms with Crippen molar-refractivity contribution in [2.75, 3.05) is 11.5 Å². The van der Waals surface area contributed by atoms with Gasteiger partial charge in [-0.05, 0) is 31.5 Å². The fraction of sp³-hybridized carbons (Fsp3) is 0.400. The van der Waals surface area contributed by atoms with E-state index in [1.165, 1.54) is 19.1 Å². The van der Waals surface area contributed by atoms with Crippen molar-refractivity contribution in [3.8, 4) is 6.07 Å². The molecule has 0 saturated carbocycles. The first-order valence-corrected chi connectivity index (χ1v) is 8.85. The highest BCUT2D eigenvalue weighted by Gasteiger charge is 2.30. The Kier molecular flexibility index (Phi) is 5.01. The zero-order valence-corrected chi connectivity index (χ0v) is 13.3. The zero-order valence-electron chi connectivity index (χ0n) is 12.5. The average Bonchev–Trinajstić information content (AvgIpc) is 2.85. The Morgan fingerprint density at radius 2 is 2.17 bits per heavy atom. The van der Waals surface area contributed by atoms with Crippen molar-refractivity contribution < 1.29 is 22.7 Å². The van der Waals surface area contributed by atoms with E-state index in [-0.39, 0.29) is 17.1 Å². The summed E-state index contributed by atoms with van der Waals surface area (Å²) >= 11 is 0. The molecule has 0 bridgehead atoms. The normalized spacial score (nSPS) is 20.3. The van der Waals surface area contributed by atoms with Crippen molar-refractivity contribution in [1.29, 1.82) is 5.26 Å². The minimum Gasteiger partial charge on any atom is -0.449 e. The Morgan fingerprint density at radius 3 is 2.78 bits per heavy atom. The first kappa shape index (κ1) is 17.0. The van der Waals surface area contributed by atoms with Crippen LogP contribution in [0.5, 0.6) is 0 Å². The van der Waals surface area contributed by atoms with Crippen molar-refractivity contribution in [2.24, 2.45) is 0 Å². The number of carbonyl (C=O) groups is 2. The summed E-state index contributed by atoms with van der Waals surface area (Å²) in [5.74, 6) is -1.31. The van der Waals surface area contributed by atoms with Crippen LogP contribution in [-0.4, -0.2) is 43.9 Å². The van der Waals surface area contributed by atoms with Crippen molar-refractivity contribution in [3.63, 3.8) is 0 Å². The van der Waals surface area contributed by atoms with Gasteiger partial charge in [0.1, 0.15) is 0 Å². The molecule has 0 aromatic heterocycles. The van der Waals surface area contributed by atoms with E-state index in [1.54, 1.807) is 12.1 Å². The molecule has 0 unspecified atom stereocenters. The lowest BCUT2D eigenvalue weighted by atomic mass is 10.1. The third-order valence-electron chi connectivity index (χ3n) is 3.46. The van der Waals surface area contributed by atoms with Gasteiger partial charge in [0.15, 0.2) is 15.9 Å². The number of amides is 1. The van der Waals surface area contributed by atoms with Gasteiger partial charge in [-0.3, -0.25) is 4.79 Å². The first-order chi connectivity index (χ1) is 10.8. The van der Waals surface area contributed by atoms with E-state index < -0.39 is 33.9 Å². The maximum Gasteiger partial charge on any atom is 0.338 e. The lowest BCUT2D eigenvalue weighted by Crippen LogP contribution is -2.42. The molecular formula is C15H16N2O5S. The summed E-state index contributed by atoms with van der Waals surface area (Å²) in [6.07, 6.45) is -0.699. The predicted octanol–water partition coefficient (Wildman–Crippen LogP) is 0.407. The van der Waals surface area contributed by atoms with E-state index in [2.05, 4.69) is 5.32 Å². The van der Waals surface area contributed by atoms with Crippen LogP contribution in [0.3, 0.4) is 0 Å². The highest BCUT2D eigenvalue weighted by Crippen LogP contribution is 2.12. The van der Waals surface area contributed by atoms with Crippen LogP contribution in [0.25, 0.3) is 0 Å². The van der Waals surface area contributed by atoms with Crippen LogP contribution in [0.1, 0.15) is 29.3 Å². The van der Waals surface area contributed by atoms with Crippen molar-refractivity contribution in [1.82, 2.24) is 5.32 Å². The molecule has 1 aromatic carbocycles. The number of esters is 1. The zero-order chi connectivity index (χ0) is 17.0. The molecule has 1 amide bonds. The van der Waals surface area contributed by atoms with E-state index in [4.69, 9.17) is 10.00 Å². The highest BCUT2D eigenvalue weighted by molar-refractivity contribution is 7.91. The maximum atomic E-state index is 12.0. The van der Waals surface area contributed by atoms with Gasteiger partial charge in [-0.2, -0.15) is 5.26 Å². The molecule has 7 nitrogen and oxygen atoms in total. The van der Waals surface area contributed by atoms with Gasteiger partial charge in [0.25, 0.3) is 5.91 Å². The Morgan fingerprint density at radius 1 is 1.43 bits per heavy atom. The van der Waals surface area contributed by atoms with Crippen LogP contribution in [0.4, 0.5) is 0 Å².